The number of rotatable bonds is 5. The van der Waals surface area contributed by atoms with Gasteiger partial charge in [0.2, 0.25) is 0 Å². The lowest BCUT2D eigenvalue weighted by Gasteiger charge is -2.13. The average molecular weight is 309 g/mol. The predicted molar refractivity (Wildman–Crippen MR) is 84.4 cm³/mol. The Kier molecular flexibility index (Phi) is 5.15. The number of hydrogen-bond acceptors (Lipinski definition) is 3. The third kappa shape index (κ3) is 3.38. The van der Waals surface area contributed by atoms with Crippen molar-refractivity contribution in [1.82, 2.24) is 10.3 Å². The van der Waals surface area contributed by atoms with Gasteiger partial charge in [0.1, 0.15) is 9.88 Å². The molecular weight excluding hydrogens is 292 g/mol. The van der Waals surface area contributed by atoms with Crippen LogP contribution >= 0.6 is 22.9 Å². The molecule has 20 heavy (non-hydrogen) atoms. The van der Waals surface area contributed by atoms with Crippen molar-refractivity contribution >= 4 is 28.8 Å². The molecule has 0 aliphatic rings. The Morgan fingerprint density at radius 2 is 2.05 bits per heavy atom. The van der Waals surface area contributed by atoms with Gasteiger partial charge in [0.05, 0.1) is 11.2 Å². The molecule has 0 unspecified atom stereocenters. The summed E-state index contributed by atoms with van der Waals surface area (Å²) >= 11 is 7.51. The highest BCUT2D eigenvalue weighted by molar-refractivity contribution is 7.17. The Hall–Kier alpha value is -1.39. The van der Waals surface area contributed by atoms with E-state index in [0.29, 0.717) is 9.90 Å². The molecule has 2 aromatic rings. The number of amides is 1. The largest absolute Gasteiger partial charge is 0.349 e. The lowest BCUT2D eigenvalue weighted by molar-refractivity contribution is 0.0939. The number of carbonyl (C=O) groups excluding carboxylic acids is 1. The molecule has 1 N–H and O–H groups in total. The molecule has 0 aliphatic carbocycles. The van der Waals surface area contributed by atoms with Crippen molar-refractivity contribution in [2.75, 3.05) is 0 Å². The van der Waals surface area contributed by atoms with E-state index in [1.165, 1.54) is 11.3 Å². The van der Waals surface area contributed by atoms with Crippen LogP contribution in [0.5, 0.6) is 0 Å². The molecule has 0 atom stereocenters. The summed E-state index contributed by atoms with van der Waals surface area (Å²) in [6.45, 7) is 4.13. The molecule has 0 saturated heterocycles. The van der Waals surface area contributed by atoms with E-state index in [9.17, 15) is 4.79 Å². The minimum Gasteiger partial charge on any atom is -0.349 e. The third-order valence-electron chi connectivity index (χ3n) is 3.15. The third-order valence-corrected chi connectivity index (χ3v) is 4.51. The summed E-state index contributed by atoms with van der Waals surface area (Å²) in [5, 5.41) is 4.43. The number of nitrogens with one attached hydrogen (secondary N) is 1. The van der Waals surface area contributed by atoms with Crippen LogP contribution in [0.4, 0.5) is 0 Å². The van der Waals surface area contributed by atoms with Gasteiger partial charge in [0, 0.05) is 11.6 Å². The number of benzene rings is 1. The van der Waals surface area contributed by atoms with Crippen molar-refractivity contribution in [2.45, 2.75) is 32.7 Å². The van der Waals surface area contributed by atoms with E-state index in [-0.39, 0.29) is 11.9 Å². The van der Waals surface area contributed by atoms with E-state index in [1.807, 2.05) is 24.3 Å². The van der Waals surface area contributed by atoms with Gasteiger partial charge in [0.15, 0.2) is 0 Å². The molecule has 1 aromatic carbocycles. The van der Waals surface area contributed by atoms with E-state index >= 15 is 0 Å². The molecule has 0 radical (unpaired) electrons. The van der Waals surface area contributed by atoms with Gasteiger partial charge in [-0.25, -0.2) is 4.98 Å². The number of nitrogens with zero attached hydrogens (tertiary/aromatic N) is 1. The minimum absolute atomic E-state index is 0.0606. The molecule has 0 saturated carbocycles. The SMILES string of the molecule is CCC(CC)NC(=O)c1cnc(-c2ccccc2Cl)s1. The number of aromatic nitrogens is 1. The van der Waals surface area contributed by atoms with E-state index < -0.39 is 0 Å². The van der Waals surface area contributed by atoms with Gasteiger partial charge in [-0.05, 0) is 18.9 Å². The van der Waals surface area contributed by atoms with Crippen molar-refractivity contribution in [3.63, 3.8) is 0 Å². The maximum atomic E-state index is 12.1. The lowest BCUT2D eigenvalue weighted by atomic mass is 10.2. The van der Waals surface area contributed by atoms with Crippen LogP contribution in [-0.4, -0.2) is 16.9 Å². The van der Waals surface area contributed by atoms with Crippen LogP contribution < -0.4 is 5.32 Å². The second-order valence-electron chi connectivity index (χ2n) is 4.50. The summed E-state index contributed by atoms with van der Waals surface area (Å²) in [6.07, 6.45) is 3.47. The van der Waals surface area contributed by atoms with Crippen LogP contribution in [0, 0.1) is 0 Å². The second kappa shape index (κ2) is 6.86. The highest BCUT2D eigenvalue weighted by Crippen LogP contribution is 2.30. The zero-order valence-electron chi connectivity index (χ0n) is 11.5. The quantitative estimate of drug-likeness (QED) is 0.890. The van der Waals surface area contributed by atoms with Crippen molar-refractivity contribution in [2.24, 2.45) is 0 Å². The second-order valence-corrected chi connectivity index (χ2v) is 5.93. The highest BCUT2D eigenvalue weighted by atomic mass is 35.5. The van der Waals surface area contributed by atoms with Crippen LogP contribution in [0.3, 0.4) is 0 Å². The number of carbonyl (C=O) groups is 1. The molecule has 3 nitrogen and oxygen atoms in total. The number of halogens is 1. The van der Waals surface area contributed by atoms with E-state index in [4.69, 9.17) is 11.6 Å². The summed E-state index contributed by atoms with van der Waals surface area (Å²) < 4.78 is 0. The zero-order chi connectivity index (χ0) is 14.5. The van der Waals surface area contributed by atoms with Gasteiger partial charge in [-0.15, -0.1) is 11.3 Å². The normalized spacial score (nSPS) is 10.8. The van der Waals surface area contributed by atoms with Crippen LogP contribution in [0.2, 0.25) is 5.02 Å². The van der Waals surface area contributed by atoms with E-state index in [2.05, 4.69) is 24.1 Å². The molecule has 1 aromatic heterocycles. The van der Waals surface area contributed by atoms with Crippen molar-refractivity contribution in [3.05, 3.63) is 40.4 Å². The molecule has 0 fully saturated rings. The Labute approximate surface area is 128 Å². The molecule has 0 spiro atoms. The fourth-order valence-electron chi connectivity index (χ4n) is 1.89. The Bertz CT molecular complexity index is 593. The Morgan fingerprint density at radius 1 is 1.35 bits per heavy atom. The van der Waals surface area contributed by atoms with Crippen molar-refractivity contribution < 1.29 is 4.79 Å². The molecule has 2 rings (SSSR count). The number of hydrogen-bond donors (Lipinski definition) is 1. The predicted octanol–water partition coefficient (Wildman–Crippen LogP) is 4.38. The zero-order valence-corrected chi connectivity index (χ0v) is 13.1. The topological polar surface area (TPSA) is 42.0 Å². The average Bonchev–Trinajstić information content (AvgIpc) is 2.94. The molecule has 5 heteroatoms. The number of thiazole rings is 1. The summed E-state index contributed by atoms with van der Waals surface area (Å²) in [4.78, 5) is 17.0. The summed E-state index contributed by atoms with van der Waals surface area (Å²) in [7, 11) is 0. The highest BCUT2D eigenvalue weighted by Gasteiger charge is 2.15. The fourth-order valence-corrected chi connectivity index (χ4v) is 3.03. The maximum absolute atomic E-state index is 12.1. The van der Waals surface area contributed by atoms with Crippen LogP contribution in [-0.2, 0) is 0 Å². The molecule has 1 amide bonds. The fraction of sp³-hybridized carbons (Fsp3) is 0.333. The van der Waals surface area contributed by atoms with Gasteiger partial charge >= 0.3 is 0 Å². The van der Waals surface area contributed by atoms with Gasteiger partial charge in [-0.3, -0.25) is 4.79 Å². The monoisotopic (exact) mass is 308 g/mol. The molecule has 1 heterocycles. The van der Waals surface area contributed by atoms with Crippen molar-refractivity contribution in [1.29, 1.82) is 0 Å². The lowest BCUT2D eigenvalue weighted by Crippen LogP contribution is -2.33. The maximum Gasteiger partial charge on any atom is 0.263 e. The molecule has 106 valence electrons. The first kappa shape index (κ1) is 15.0. The first-order valence-electron chi connectivity index (χ1n) is 6.67. The van der Waals surface area contributed by atoms with Crippen molar-refractivity contribution in [3.8, 4) is 10.6 Å². The smallest absolute Gasteiger partial charge is 0.263 e. The molecule has 0 bridgehead atoms. The van der Waals surface area contributed by atoms with E-state index in [1.54, 1.807) is 6.20 Å². The van der Waals surface area contributed by atoms with Gasteiger partial charge in [-0.1, -0.05) is 43.6 Å². The minimum atomic E-state index is -0.0606. The standard InChI is InChI=1S/C15H17ClN2OS/c1-3-10(4-2)18-14(19)13-9-17-15(20-13)11-7-5-6-8-12(11)16/h5-10H,3-4H2,1-2H3,(H,18,19). The van der Waals surface area contributed by atoms with Gasteiger partial charge in [-0.2, -0.15) is 0 Å². The summed E-state index contributed by atoms with van der Waals surface area (Å²) in [6, 6.07) is 7.73. The molecular formula is C15H17ClN2OS. The molecule has 0 aliphatic heterocycles. The van der Waals surface area contributed by atoms with E-state index in [0.717, 1.165) is 23.4 Å². The van der Waals surface area contributed by atoms with Crippen LogP contribution in [0.25, 0.3) is 10.6 Å². The van der Waals surface area contributed by atoms with Crippen LogP contribution in [0.15, 0.2) is 30.5 Å². The first-order chi connectivity index (χ1) is 9.65. The van der Waals surface area contributed by atoms with Gasteiger partial charge < -0.3 is 5.32 Å². The summed E-state index contributed by atoms with van der Waals surface area (Å²) in [5.41, 5.74) is 0.862. The van der Waals surface area contributed by atoms with Crippen LogP contribution in [0.1, 0.15) is 36.4 Å². The first-order valence-corrected chi connectivity index (χ1v) is 7.86. The summed E-state index contributed by atoms with van der Waals surface area (Å²) in [5.74, 6) is -0.0606. The van der Waals surface area contributed by atoms with Gasteiger partial charge in [0.25, 0.3) is 5.91 Å². The Morgan fingerprint density at radius 3 is 2.70 bits per heavy atom. The Balaban J connectivity index is 2.17.